The van der Waals surface area contributed by atoms with E-state index < -0.39 is 0 Å². The maximum Gasteiger partial charge on any atom is 0.290 e. The summed E-state index contributed by atoms with van der Waals surface area (Å²) in [6, 6.07) is 11.1. The number of nitrogens with one attached hydrogen (secondary N) is 2. The molecule has 0 saturated carbocycles. The molecule has 6 rings (SSSR count). The molecular weight excluding hydrogens is 475 g/mol. The number of aromatic nitrogens is 3. The third-order valence-corrected chi connectivity index (χ3v) is 6.85. The quantitative estimate of drug-likeness (QED) is 0.359. The summed E-state index contributed by atoms with van der Waals surface area (Å²) in [6.45, 7) is 0.174. The average molecular weight is 503 g/mol. The summed E-state index contributed by atoms with van der Waals surface area (Å²) in [5, 5.41) is 13.2. The molecule has 4 heterocycles. The fraction of sp³-hybridized carbons (Fsp3) is 0.259. The maximum absolute atomic E-state index is 13.6. The lowest BCUT2D eigenvalue weighted by Crippen LogP contribution is -2.25. The van der Waals surface area contributed by atoms with E-state index in [2.05, 4.69) is 40.7 Å². The number of carbonyl (C=O) groups excluding carboxylic acids is 1. The standard InChI is InChI=1S/C26H25FN6O.CH2O2/c1-32(2)20-5-3-4-15-6-9-22(31-25(15)20)30-19-8-7-17(18-13-29-26(34)24(18)19)21-14-28-23-12-16(27)10-11-33(21)23;2-1-3/h6-12,14,20H,3-5,13H2,1-2H3,(H,29,34)(H,30,31);1H,(H,2,3). The van der Waals surface area contributed by atoms with Crippen molar-refractivity contribution in [1.82, 2.24) is 24.6 Å². The van der Waals surface area contributed by atoms with Crippen molar-refractivity contribution in [3.8, 4) is 11.3 Å². The second-order valence-corrected chi connectivity index (χ2v) is 9.26. The third kappa shape index (κ3) is 4.51. The Balaban J connectivity index is 0.000000892. The van der Waals surface area contributed by atoms with Gasteiger partial charge in [-0.25, -0.2) is 14.4 Å². The molecule has 10 heteroatoms. The van der Waals surface area contributed by atoms with Crippen LogP contribution in [0.3, 0.4) is 0 Å². The lowest BCUT2D eigenvalue weighted by molar-refractivity contribution is -0.122. The Hall–Kier alpha value is -4.31. The Bertz CT molecular complexity index is 1500. The molecule has 1 aliphatic heterocycles. The van der Waals surface area contributed by atoms with Crippen molar-refractivity contribution in [3.05, 3.63) is 77.0 Å². The molecule has 1 amide bonds. The van der Waals surface area contributed by atoms with E-state index in [0.717, 1.165) is 53.3 Å². The minimum atomic E-state index is -0.333. The first kappa shape index (κ1) is 24.4. The molecule has 0 spiro atoms. The summed E-state index contributed by atoms with van der Waals surface area (Å²) in [6.07, 6.45) is 6.67. The monoisotopic (exact) mass is 502 g/mol. The number of rotatable bonds is 4. The highest BCUT2D eigenvalue weighted by Crippen LogP contribution is 2.37. The predicted octanol–water partition coefficient (Wildman–Crippen LogP) is 4.16. The van der Waals surface area contributed by atoms with E-state index in [9.17, 15) is 9.18 Å². The number of pyridine rings is 2. The van der Waals surface area contributed by atoms with Gasteiger partial charge in [0.15, 0.2) is 0 Å². The first-order valence-electron chi connectivity index (χ1n) is 12.0. The number of anilines is 2. The van der Waals surface area contributed by atoms with Crippen molar-refractivity contribution >= 4 is 29.5 Å². The molecular formula is C27H27FN6O3. The van der Waals surface area contributed by atoms with Crippen LogP contribution in [0.15, 0.2) is 48.8 Å². The number of nitrogens with zero attached hydrogens (tertiary/aromatic N) is 4. The Morgan fingerprint density at radius 1 is 1.24 bits per heavy atom. The molecule has 0 fully saturated rings. The second-order valence-electron chi connectivity index (χ2n) is 9.26. The summed E-state index contributed by atoms with van der Waals surface area (Å²) in [5.74, 6) is 0.274. The zero-order chi connectivity index (χ0) is 26.1. The molecule has 3 aromatic heterocycles. The Labute approximate surface area is 213 Å². The molecule has 3 N–H and O–H groups in total. The van der Waals surface area contributed by atoms with Gasteiger partial charge in [0.2, 0.25) is 0 Å². The van der Waals surface area contributed by atoms with Crippen LogP contribution in [0.2, 0.25) is 0 Å². The van der Waals surface area contributed by atoms with Crippen molar-refractivity contribution in [2.45, 2.75) is 31.8 Å². The average Bonchev–Trinajstić information content (AvgIpc) is 3.48. The van der Waals surface area contributed by atoms with Crippen LogP contribution in [0.1, 0.15) is 46.1 Å². The number of halogens is 1. The second kappa shape index (κ2) is 9.98. The molecule has 1 atom stereocenters. The number of aryl methyl sites for hydroxylation is 1. The van der Waals surface area contributed by atoms with Gasteiger partial charge in [0.05, 0.1) is 34.9 Å². The van der Waals surface area contributed by atoms with Gasteiger partial charge < -0.3 is 20.6 Å². The number of fused-ring (bicyclic) bond motifs is 3. The van der Waals surface area contributed by atoms with Crippen molar-refractivity contribution in [2.75, 3.05) is 19.4 Å². The van der Waals surface area contributed by atoms with Crippen molar-refractivity contribution in [1.29, 1.82) is 0 Å². The first-order valence-corrected chi connectivity index (χ1v) is 12.0. The fourth-order valence-corrected chi connectivity index (χ4v) is 5.18. The number of benzene rings is 1. The molecule has 1 aromatic carbocycles. The van der Waals surface area contributed by atoms with Crippen LogP contribution in [0.25, 0.3) is 16.9 Å². The van der Waals surface area contributed by atoms with Gasteiger partial charge in [-0.3, -0.25) is 14.0 Å². The largest absolute Gasteiger partial charge is 0.483 e. The molecule has 0 saturated heterocycles. The van der Waals surface area contributed by atoms with E-state index in [0.29, 0.717) is 23.8 Å². The fourth-order valence-electron chi connectivity index (χ4n) is 5.18. The summed E-state index contributed by atoms with van der Waals surface area (Å²) >= 11 is 0. The summed E-state index contributed by atoms with van der Waals surface area (Å²) in [4.78, 5) is 32.7. The SMILES string of the molecule is CN(C)C1CCCc2ccc(Nc3ccc(-c4cnc5cc(F)ccn45)c4c3C(=O)NC4)nc21.O=CO. The predicted molar refractivity (Wildman–Crippen MR) is 137 cm³/mol. The van der Waals surface area contributed by atoms with Gasteiger partial charge in [-0.15, -0.1) is 0 Å². The summed E-state index contributed by atoms with van der Waals surface area (Å²) < 4.78 is 15.5. The van der Waals surface area contributed by atoms with E-state index >= 15 is 0 Å². The number of carbonyl (C=O) groups is 2. The van der Waals surface area contributed by atoms with Crippen LogP contribution >= 0.6 is 0 Å². The van der Waals surface area contributed by atoms with Gasteiger partial charge >= 0.3 is 0 Å². The number of amides is 1. The van der Waals surface area contributed by atoms with Gasteiger partial charge in [0.25, 0.3) is 12.4 Å². The smallest absolute Gasteiger partial charge is 0.290 e. The Morgan fingerprint density at radius 2 is 2.05 bits per heavy atom. The molecule has 9 nitrogen and oxygen atoms in total. The molecule has 0 radical (unpaired) electrons. The highest BCUT2D eigenvalue weighted by molar-refractivity contribution is 6.06. The molecule has 37 heavy (non-hydrogen) atoms. The van der Waals surface area contributed by atoms with Gasteiger partial charge in [-0.2, -0.15) is 0 Å². The van der Waals surface area contributed by atoms with Gasteiger partial charge in [0, 0.05) is 24.4 Å². The van der Waals surface area contributed by atoms with Crippen molar-refractivity contribution < 1.29 is 19.1 Å². The van der Waals surface area contributed by atoms with Gasteiger partial charge in [-0.05, 0) is 62.7 Å². The number of hydrogen-bond donors (Lipinski definition) is 3. The number of carboxylic acid groups (broad SMARTS) is 1. The molecule has 4 aromatic rings. The first-order chi connectivity index (χ1) is 17.9. The van der Waals surface area contributed by atoms with Crippen LogP contribution in [0.4, 0.5) is 15.9 Å². The van der Waals surface area contributed by atoms with Crippen molar-refractivity contribution in [3.63, 3.8) is 0 Å². The zero-order valence-corrected chi connectivity index (χ0v) is 20.5. The summed E-state index contributed by atoms with van der Waals surface area (Å²) in [7, 11) is 4.18. The maximum atomic E-state index is 13.6. The van der Waals surface area contributed by atoms with E-state index in [1.807, 2.05) is 22.6 Å². The Morgan fingerprint density at radius 3 is 2.84 bits per heavy atom. The zero-order valence-electron chi connectivity index (χ0n) is 20.5. The van der Waals surface area contributed by atoms with Crippen LogP contribution in [-0.4, -0.2) is 50.8 Å². The van der Waals surface area contributed by atoms with E-state index in [4.69, 9.17) is 14.9 Å². The van der Waals surface area contributed by atoms with Crippen molar-refractivity contribution in [2.24, 2.45) is 0 Å². The lowest BCUT2D eigenvalue weighted by Gasteiger charge is -2.30. The number of imidazole rings is 1. The Kier molecular flexibility index (Phi) is 6.58. The van der Waals surface area contributed by atoms with Gasteiger partial charge in [0.1, 0.15) is 17.3 Å². The minimum absolute atomic E-state index is 0.122. The molecule has 190 valence electrons. The highest BCUT2D eigenvalue weighted by Gasteiger charge is 2.28. The van der Waals surface area contributed by atoms with E-state index in [1.54, 1.807) is 12.4 Å². The van der Waals surface area contributed by atoms with Crippen LogP contribution in [-0.2, 0) is 17.8 Å². The third-order valence-electron chi connectivity index (χ3n) is 6.85. The topological polar surface area (TPSA) is 112 Å². The van der Waals surface area contributed by atoms with Gasteiger partial charge in [-0.1, -0.05) is 12.1 Å². The molecule has 2 aliphatic rings. The van der Waals surface area contributed by atoms with Crippen LogP contribution in [0, 0.1) is 5.82 Å². The van der Waals surface area contributed by atoms with Crippen LogP contribution in [0.5, 0.6) is 0 Å². The van der Waals surface area contributed by atoms with E-state index in [-0.39, 0.29) is 18.2 Å². The van der Waals surface area contributed by atoms with E-state index in [1.165, 1.54) is 17.7 Å². The highest BCUT2D eigenvalue weighted by atomic mass is 19.1. The molecule has 1 unspecified atom stereocenters. The lowest BCUT2D eigenvalue weighted by atomic mass is 9.91. The normalized spacial score (nSPS) is 16.0. The van der Waals surface area contributed by atoms with Crippen LogP contribution < -0.4 is 10.6 Å². The molecule has 0 bridgehead atoms. The summed E-state index contributed by atoms with van der Waals surface area (Å²) in [5.41, 5.74) is 6.85. The molecule has 1 aliphatic carbocycles. The minimum Gasteiger partial charge on any atom is -0.483 e. The number of hydrogen-bond acceptors (Lipinski definition) is 6.